The van der Waals surface area contributed by atoms with Gasteiger partial charge in [-0.05, 0) is 30.7 Å². The van der Waals surface area contributed by atoms with Crippen LogP contribution in [0.5, 0.6) is 11.5 Å². The molecule has 2 rings (SSSR count). The lowest BCUT2D eigenvalue weighted by Crippen LogP contribution is -2.00. The molecule has 2 N–H and O–H groups in total. The fourth-order valence-corrected chi connectivity index (χ4v) is 1.75. The number of ether oxygens (including phenoxy) is 1. The van der Waals surface area contributed by atoms with Crippen LogP contribution in [0, 0.1) is 6.92 Å². The molecule has 0 spiro atoms. The van der Waals surface area contributed by atoms with Gasteiger partial charge < -0.3 is 10.5 Å². The fraction of sp³-hybridized carbons (Fsp3) is 0.154. The molecule has 0 aliphatic carbocycles. The van der Waals surface area contributed by atoms with E-state index in [0.29, 0.717) is 23.1 Å². The van der Waals surface area contributed by atoms with Crippen molar-refractivity contribution in [3.05, 3.63) is 52.8 Å². The molecule has 1 aromatic carbocycles. The first-order valence-electron chi connectivity index (χ1n) is 5.27. The minimum atomic E-state index is 0.382. The third-order valence-corrected chi connectivity index (χ3v) is 2.68. The van der Waals surface area contributed by atoms with Gasteiger partial charge in [-0.2, -0.15) is 0 Å². The minimum Gasteiger partial charge on any atom is -0.455 e. The van der Waals surface area contributed by atoms with Gasteiger partial charge in [0.05, 0.1) is 5.02 Å². The fourth-order valence-electron chi connectivity index (χ4n) is 1.47. The summed E-state index contributed by atoms with van der Waals surface area (Å²) < 4.78 is 5.73. The molecule has 0 unspecified atom stereocenters. The normalized spacial score (nSPS) is 10.3. The highest BCUT2D eigenvalue weighted by Crippen LogP contribution is 2.31. The third-order valence-electron chi connectivity index (χ3n) is 2.39. The van der Waals surface area contributed by atoms with Crippen LogP contribution in [0.2, 0.25) is 5.02 Å². The molecule has 1 aromatic heterocycles. The van der Waals surface area contributed by atoms with Gasteiger partial charge in [0.15, 0.2) is 0 Å². The van der Waals surface area contributed by atoms with Crippen LogP contribution >= 0.6 is 11.6 Å². The topological polar surface area (TPSA) is 48.1 Å². The zero-order chi connectivity index (χ0) is 12.3. The van der Waals surface area contributed by atoms with Gasteiger partial charge in [-0.15, -0.1) is 0 Å². The number of nitrogens with two attached hydrogens (primary N) is 1. The van der Waals surface area contributed by atoms with Gasteiger partial charge in [-0.25, -0.2) is 0 Å². The van der Waals surface area contributed by atoms with E-state index in [4.69, 9.17) is 22.1 Å². The highest BCUT2D eigenvalue weighted by molar-refractivity contribution is 6.32. The van der Waals surface area contributed by atoms with E-state index in [0.717, 1.165) is 11.1 Å². The molecule has 0 radical (unpaired) electrons. The highest BCUT2D eigenvalue weighted by atomic mass is 35.5. The van der Waals surface area contributed by atoms with Crippen molar-refractivity contribution in [3.8, 4) is 11.5 Å². The lowest BCUT2D eigenvalue weighted by atomic mass is 10.2. The van der Waals surface area contributed by atoms with Gasteiger partial charge in [0.1, 0.15) is 11.5 Å². The molecule has 0 saturated carbocycles. The second-order valence-corrected chi connectivity index (χ2v) is 4.13. The molecule has 0 aliphatic rings. The monoisotopic (exact) mass is 248 g/mol. The van der Waals surface area contributed by atoms with E-state index in [1.807, 2.05) is 25.1 Å². The van der Waals surface area contributed by atoms with Crippen LogP contribution in [0.1, 0.15) is 11.1 Å². The average molecular weight is 249 g/mol. The summed E-state index contributed by atoms with van der Waals surface area (Å²) >= 11 is 6.10. The zero-order valence-electron chi connectivity index (χ0n) is 9.48. The van der Waals surface area contributed by atoms with Gasteiger partial charge in [-0.1, -0.05) is 17.7 Å². The Morgan fingerprint density at radius 3 is 2.82 bits per heavy atom. The number of benzene rings is 1. The molecule has 0 amide bonds. The second kappa shape index (κ2) is 5.17. The molecule has 0 fully saturated rings. The summed E-state index contributed by atoms with van der Waals surface area (Å²) in [5.41, 5.74) is 7.56. The summed E-state index contributed by atoms with van der Waals surface area (Å²) in [6, 6.07) is 7.43. The van der Waals surface area contributed by atoms with E-state index >= 15 is 0 Å². The summed E-state index contributed by atoms with van der Waals surface area (Å²) in [6.07, 6.45) is 3.36. The Labute approximate surface area is 105 Å². The van der Waals surface area contributed by atoms with Crippen molar-refractivity contribution >= 4 is 11.6 Å². The van der Waals surface area contributed by atoms with Gasteiger partial charge in [0.2, 0.25) is 0 Å². The molecule has 3 nitrogen and oxygen atoms in total. The molecule has 0 saturated heterocycles. The van der Waals surface area contributed by atoms with E-state index in [1.54, 1.807) is 18.5 Å². The number of aryl methyl sites for hydroxylation is 1. The van der Waals surface area contributed by atoms with Crippen molar-refractivity contribution in [2.45, 2.75) is 13.5 Å². The number of hydrogen-bond donors (Lipinski definition) is 1. The van der Waals surface area contributed by atoms with Crippen LogP contribution in [0.25, 0.3) is 0 Å². The molecule has 88 valence electrons. The lowest BCUT2D eigenvalue weighted by molar-refractivity contribution is 0.475. The first kappa shape index (κ1) is 11.9. The van der Waals surface area contributed by atoms with Gasteiger partial charge in [-0.3, -0.25) is 4.98 Å². The number of halogens is 1. The highest BCUT2D eigenvalue weighted by Gasteiger charge is 2.06. The van der Waals surface area contributed by atoms with Gasteiger partial charge >= 0.3 is 0 Å². The zero-order valence-corrected chi connectivity index (χ0v) is 10.2. The molecule has 4 heteroatoms. The van der Waals surface area contributed by atoms with Crippen molar-refractivity contribution in [1.82, 2.24) is 4.98 Å². The Morgan fingerprint density at radius 1 is 1.29 bits per heavy atom. The first-order valence-corrected chi connectivity index (χ1v) is 5.65. The summed E-state index contributed by atoms with van der Waals surface area (Å²) in [5, 5.41) is 0.588. The number of pyridine rings is 1. The molecule has 17 heavy (non-hydrogen) atoms. The van der Waals surface area contributed by atoms with Crippen molar-refractivity contribution in [2.24, 2.45) is 5.73 Å². The van der Waals surface area contributed by atoms with Crippen LogP contribution in [0.4, 0.5) is 0 Å². The van der Waals surface area contributed by atoms with Crippen molar-refractivity contribution in [1.29, 1.82) is 0 Å². The van der Waals surface area contributed by atoms with Crippen LogP contribution in [0.3, 0.4) is 0 Å². The van der Waals surface area contributed by atoms with Crippen LogP contribution in [0.15, 0.2) is 36.7 Å². The van der Waals surface area contributed by atoms with E-state index in [2.05, 4.69) is 4.98 Å². The number of rotatable bonds is 3. The van der Waals surface area contributed by atoms with E-state index in [9.17, 15) is 0 Å². The summed E-state index contributed by atoms with van der Waals surface area (Å²) in [5.74, 6) is 1.31. The number of hydrogen-bond acceptors (Lipinski definition) is 3. The predicted octanol–water partition coefficient (Wildman–Crippen LogP) is 3.29. The first-order chi connectivity index (χ1) is 8.20. The quantitative estimate of drug-likeness (QED) is 0.907. The van der Waals surface area contributed by atoms with Gasteiger partial charge in [0.25, 0.3) is 0 Å². The smallest absolute Gasteiger partial charge is 0.146 e. The van der Waals surface area contributed by atoms with Crippen molar-refractivity contribution in [2.75, 3.05) is 0 Å². The van der Waals surface area contributed by atoms with Gasteiger partial charge in [0, 0.05) is 24.5 Å². The second-order valence-electron chi connectivity index (χ2n) is 3.72. The molecule has 1 heterocycles. The molecular weight excluding hydrogens is 236 g/mol. The minimum absolute atomic E-state index is 0.382. The Morgan fingerprint density at radius 2 is 2.12 bits per heavy atom. The Balaban J connectivity index is 2.31. The average Bonchev–Trinajstić information content (AvgIpc) is 2.33. The van der Waals surface area contributed by atoms with Crippen molar-refractivity contribution < 1.29 is 4.74 Å². The predicted molar refractivity (Wildman–Crippen MR) is 68.4 cm³/mol. The Kier molecular flexibility index (Phi) is 3.61. The molecule has 0 bridgehead atoms. The Hall–Kier alpha value is -1.58. The lowest BCUT2D eigenvalue weighted by Gasteiger charge is -2.10. The maximum Gasteiger partial charge on any atom is 0.146 e. The summed E-state index contributed by atoms with van der Waals surface area (Å²) in [4.78, 5) is 4.00. The molecule has 2 aromatic rings. The summed E-state index contributed by atoms with van der Waals surface area (Å²) in [7, 11) is 0. The summed E-state index contributed by atoms with van der Waals surface area (Å²) in [6.45, 7) is 2.36. The molecular formula is C13H13ClN2O. The van der Waals surface area contributed by atoms with Crippen LogP contribution in [-0.2, 0) is 6.54 Å². The van der Waals surface area contributed by atoms with E-state index in [1.165, 1.54) is 0 Å². The molecule has 0 atom stereocenters. The number of nitrogens with zero attached hydrogens (tertiary/aromatic N) is 1. The van der Waals surface area contributed by atoms with E-state index in [-0.39, 0.29) is 0 Å². The Bertz CT molecular complexity index is 529. The standard InChI is InChI=1S/C13H13ClN2O/c1-9-2-3-13(11(14)6-9)17-12-4-5-16-8-10(12)7-15/h2-6,8H,7,15H2,1H3. The van der Waals surface area contributed by atoms with Crippen LogP contribution in [-0.4, -0.2) is 4.98 Å². The maximum absolute atomic E-state index is 6.10. The number of aromatic nitrogens is 1. The van der Waals surface area contributed by atoms with E-state index < -0.39 is 0 Å². The SMILES string of the molecule is Cc1ccc(Oc2ccncc2CN)c(Cl)c1. The van der Waals surface area contributed by atoms with Crippen LogP contribution < -0.4 is 10.5 Å². The third kappa shape index (κ3) is 2.75. The molecule has 0 aliphatic heterocycles. The largest absolute Gasteiger partial charge is 0.455 e. The van der Waals surface area contributed by atoms with Crippen molar-refractivity contribution in [3.63, 3.8) is 0 Å². The maximum atomic E-state index is 6.10.